The van der Waals surface area contributed by atoms with Crippen molar-refractivity contribution in [2.24, 2.45) is 17.6 Å². The van der Waals surface area contributed by atoms with Crippen LogP contribution in [0.25, 0.3) is 0 Å². The number of rotatable bonds is 16. The lowest BCUT2D eigenvalue weighted by atomic mass is 9.90. The first kappa shape index (κ1) is 27.4. The van der Waals surface area contributed by atoms with Gasteiger partial charge in [0.1, 0.15) is 0 Å². The number of methoxy groups -OCH3 is 1. The number of ether oxygens (including phenoxy) is 1. The van der Waals surface area contributed by atoms with Crippen LogP contribution in [0.1, 0.15) is 79.1 Å². The van der Waals surface area contributed by atoms with Crippen molar-refractivity contribution >= 4 is 17.7 Å². The maximum atomic E-state index is 12.6. The quantitative estimate of drug-likeness (QED) is 0.380. The summed E-state index contributed by atoms with van der Waals surface area (Å²) in [6, 6.07) is -0.143. The first-order valence-corrected chi connectivity index (χ1v) is 11.0. The van der Waals surface area contributed by atoms with Crippen molar-refractivity contribution in [2.45, 2.75) is 91.2 Å². The fraction of sp³-hybridized carbons (Fsp3) is 0.864. The van der Waals surface area contributed by atoms with Crippen LogP contribution in [0.2, 0.25) is 0 Å². The number of primary amides is 1. The van der Waals surface area contributed by atoms with E-state index in [0.29, 0.717) is 19.4 Å². The van der Waals surface area contributed by atoms with Crippen LogP contribution < -0.4 is 11.1 Å². The molecule has 0 bridgehead atoms. The lowest BCUT2D eigenvalue weighted by molar-refractivity contribution is -0.139. The molecule has 0 aromatic carbocycles. The molecule has 0 aliphatic carbocycles. The number of carbonyl (C=O) groups is 3. The van der Waals surface area contributed by atoms with Crippen LogP contribution in [-0.2, 0) is 19.1 Å². The lowest BCUT2D eigenvalue weighted by Crippen LogP contribution is -2.50. The van der Waals surface area contributed by atoms with Crippen LogP contribution in [0.3, 0.4) is 0 Å². The topological polar surface area (TPSA) is 102 Å². The van der Waals surface area contributed by atoms with Gasteiger partial charge in [-0.3, -0.25) is 14.4 Å². The average Bonchev–Trinajstić information content (AvgIpc) is 2.65. The number of unbranched alkanes of at least 4 members (excludes halogenated alkanes) is 3. The summed E-state index contributed by atoms with van der Waals surface area (Å²) in [7, 11) is 3.42. The third-order valence-electron chi connectivity index (χ3n) is 5.39. The first-order chi connectivity index (χ1) is 13.6. The molecule has 0 unspecified atom stereocenters. The maximum Gasteiger partial charge on any atom is 0.222 e. The summed E-state index contributed by atoms with van der Waals surface area (Å²) in [5.41, 5.74) is 5.12. The zero-order chi connectivity index (χ0) is 22.4. The SMILES string of the molecule is CC[C@H](C)[C@@H]([C@@H](CC(=O)NCCCCCCC(N)=O)OC)N(C)C(=O)CC(C)C. The van der Waals surface area contributed by atoms with Gasteiger partial charge in [0.15, 0.2) is 0 Å². The van der Waals surface area contributed by atoms with Crippen LogP contribution in [0.5, 0.6) is 0 Å². The molecule has 0 aliphatic heterocycles. The van der Waals surface area contributed by atoms with E-state index in [4.69, 9.17) is 10.5 Å². The summed E-state index contributed by atoms with van der Waals surface area (Å²) in [4.78, 5) is 37.5. The highest BCUT2D eigenvalue weighted by Gasteiger charge is 2.33. The second kappa shape index (κ2) is 15.2. The molecule has 0 aromatic heterocycles. The summed E-state index contributed by atoms with van der Waals surface area (Å²) in [5, 5.41) is 2.95. The highest BCUT2D eigenvalue weighted by atomic mass is 16.5. The molecule has 0 aliphatic rings. The van der Waals surface area contributed by atoms with E-state index in [-0.39, 0.29) is 48.1 Å². The number of nitrogens with zero attached hydrogens (tertiary/aromatic N) is 1. The molecule has 3 N–H and O–H groups in total. The molecule has 170 valence electrons. The Morgan fingerprint density at radius 1 is 1.03 bits per heavy atom. The van der Waals surface area contributed by atoms with Gasteiger partial charge in [0, 0.05) is 33.5 Å². The standard InChI is InChI=1S/C22H43N3O4/c1-7-17(4)22(25(5)21(28)14-16(2)3)18(29-6)15-20(27)24-13-11-9-8-10-12-19(23)26/h16-18,22H,7-15H2,1-6H3,(H2,23,26)(H,24,27)/t17-,18+,22-/m0/s1. The van der Waals surface area contributed by atoms with Crippen LogP contribution in [-0.4, -0.2) is 55.5 Å². The monoisotopic (exact) mass is 413 g/mol. The molecule has 0 rings (SSSR count). The van der Waals surface area contributed by atoms with Crippen LogP contribution in [0.15, 0.2) is 0 Å². The fourth-order valence-electron chi connectivity index (χ4n) is 3.50. The van der Waals surface area contributed by atoms with E-state index in [9.17, 15) is 14.4 Å². The van der Waals surface area contributed by atoms with Crippen LogP contribution >= 0.6 is 0 Å². The van der Waals surface area contributed by atoms with Gasteiger partial charge in [0.25, 0.3) is 0 Å². The Morgan fingerprint density at radius 2 is 1.66 bits per heavy atom. The average molecular weight is 414 g/mol. The zero-order valence-corrected chi connectivity index (χ0v) is 19.3. The first-order valence-electron chi connectivity index (χ1n) is 11.0. The summed E-state index contributed by atoms with van der Waals surface area (Å²) in [5.74, 6) is 0.265. The zero-order valence-electron chi connectivity index (χ0n) is 19.3. The molecule has 0 spiro atoms. The van der Waals surface area contributed by atoms with E-state index in [1.807, 2.05) is 20.9 Å². The molecule has 3 atom stereocenters. The normalized spacial score (nSPS) is 14.3. The molecule has 0 saturated carbocycles. The molecule has 0 radical (unpaired) electrons. The van der Waals surface area contributed by atoms with Gasteiger partial charge in [0.05, 0.1) is 18.6 Å². The predicted molar refractivity (Wildman–Crippen MR) is 116 cm³/mol. The van der Waals surface area contributed by atoms with Gasteiger partial charge in [-0.2, -0.15) is 0 Å². The second-order valence-corrected chi connectivity index (χ2v) is 8.44. The van der Waals surface area contributed by atoms with Crippen molar-refractivity contribution in [3.63, 3.8) is 0 Å². The third kappa shape index (κ3) is 11.8. The van der Waals surface area contributed by atoms with Crippen molar-refractivity contribution < 1.29 is 19.1 Å². The lowest BCUT2D eigenvalue weighted by Gasteiger charge is -2.38. The van der Waals surface area contributed by atoms with Gasteiger partial charge in [-0.1, -0.05) is 47.0 Å². The van der Waals surface area contributed by atoms with Gasteiger partial charge < -0.3 is 20.7 Å². The third-order valence-corrected chi connectivity index (χ3v) is 5.39. The Kier molecular flexibility index (Phi) is 14.4. The molecule has 29 heavy (non-hydrogen) atoms. The van der Waals surface area contributed by atoms with Crippen LogP contribution in [0.4, 0.5) is 0 Å². The van der Waals surface area contributed by atoms with Gasteiger partial charge in [-0.15, -0.1) is 0 Å². The maximum absolute atomic E-state index is 12.6. The van der Waals surface area contributed by atoms with Gasteiger partial charge in [-0.25, -0.2) is 0 Å². The Balaban J connectivity index is 4.64. The number of likely N-dealkylation sites (N-methyl/N-ethyl adjacent to an activating group) is 1. The number of carbonyl (C=O) groups excluding carboxylic acids is 3. The number of hydrogen-bond acceptors (Lipinski definition) is 4. The van der Waals surface area contributed by atoms with Crippen molar-refractivity contribution in [1.29, 1.82) is 0 Å². The minimum absolute atomic E-state index is 0.0630. The van der Waals surface area contributed by atoms with E-state index < -0.39 is 0 Å². The molecule has 0 saturated heterocycles. The van der Waals surface area contributed by atoms with Crippen molar-refractivity contribution in [3.8, 4) is 0 Å². The molecule has 0 heterocycles. The number of nitrogens with one attached hydrogen (secondary N) is 1. The largest absolute Gasteiger partial charge is 0.379 e. The Labute approximate surface area is 177 Å². The molecule has 0 fully saturated rings. The smallest absolute Gasteiger partial charge is 0.222 e. The summed E-state index contributed by atoms with van der Waals surface area (Å²) < 4.78 is 5.67. The second-order valence-electron chi connectivity index (χ2n) is 8.44. The van der Waals surface area contributed by atoms with E-state index in [1.165, 1.54) is 0 Å². The van der Waals surface area contributed by atoms with E-state index in [2.05, 4.69) is 19.2 Å². The highest BCUT2D eigenvalue weighted by Crippen LogP contribution is 2.22. The van der Waals surface area contributed by atoms with Crippen molar-refractivity contribution in [1.82, 2.24) is 10.2 Å². The highest BCUT2D eigenvalue weighted by molar-refractivity contribution is 5.78. The van der Waals surface area contributed by atoms with Crippen molar-refractivity contribution in [3.05, 3.63) is 0 Å². The number of amides is 3. The predicted octanol–water partition coefficient (Wildman–Crippen LogP) is 2.86. The molecular weight excluding hydrogens is 370 g/mol. The van der Waals surface area contributed by atoms with Crippen molar-refractivity contribution in [2.75, 3.05) is 20.7 Å². The van der Waals surface area contributed by atoms with Gasteiger partial charge >= 0.3 is 0 Å². The molecule has 7 heteroatoms. The minimum Gasteiger partial charge on any atom is -0.379 e. The van der Waals surface area contributed by atoms with Crippen LogP contribution in [0, 0.1) is 11.8 Å². The van der Waals surface area contributed by atoms with E-state index >= 15 is 0 Å². The number of nitrogens with two attached hydrogens (primary N) is 1. The summed E-state index contributed by atoms with van der Waals surface area (Å²) in [6.45, 7) is 8.84. The van der Waals surface area contributed by atoms with E-state index in [0.717, 1.165) is 32.1 Å². The molecule has 0 aromatic rings. The summed E-state index contributed by atoms with van der Waals surface area (Å²) in [6.07, 6.45) is 5.22. The van der Waals surface area contributed by atoms with Gasteiger partial charge in [-0.05, 0) is 24.7 Å². The van der Waals surface area contributed by atoms with Gasteiger partial charge in [0.2, 0.25) is 17.7 Å². The molecular formula is C22H43N3O4. The molecule has 7 nitrogen and oxygen atoms in total. The van der Waals surface area contributed by atoms with E-state index in [1.54, 1.807) is 12.0 Å². The number of hydrogen-bond donors (Lipinski definition) is 2. The fourth-order valence-corrected chi connectivity index (χ4v) is 3.50. The minimum atomic E-state index is -0.346. The Hall–Kier alpha value is -1.63. The summed E-state index contributed by atoms with van der Waals surface area (Å²) >= 11 is 0. The Morgan fingerprint density at radius 3 is 2.17 bits per heavy atom. The molecule has 3 amide bonds. The Bertz CT molecular complexity index is 496.